The molecule has 2 aromatic rings. The lowest BCUT2D eigenvalue weighted by molar-refractivity contribution is 0.0304. The Bertz CT molecular complexity index is 863. The number of nitrogens with one attached hydrogen (secondary N) is 1. The number of halogens is 2. The van der Waals surface area contributed by atoms with E-state index in [4.69, 9.17) is 16.3 Å². The molecule has 1 N–H and O–H groups in total. The molecule has 2 heterocycles. The van der Waals surface area contributed by atoms with Gasteiger partial charge in [0.1, 0.15) is 10.8 Å². The Hall–Kier alpha value is -1.96. The summed E-state index contributed by atoms with van der Waals surface area (Å²) in [5.74, 6) is -0.917. The maximum absolute atomic E-state index is 13.2. The van der Waals surface area contributed by atoms with Crippen LogP contribution in [0.3, 0.4) is 0 Å². The van der Waals surface area contributed by atoms with Crippen LogP contribution in [0, 0.1) is 5.82 Å². The highest BCUT2D eigenvalue weighted by Crippen LogP contribution is 2.34. The number of thiophene rings is 1. The summed E-state index contributed by atoms with van der Waals surface area (Å²) >= 11 is 7.35. The molecule has 3 rings (SSSR count). The Labute approximate surface area is 166 Å². The number of carbonyl (C=O) groups is 2. The van der Waals surface area contributed by atoms with Gasteiger partial charge in [-0.3, -0.25) is 9.59 Å². The minimum atomic E-state index is -0.516. The van der Waals surface area contributed by atoms with Crippen LogP contribution in [0.5, 0.6) is 0 Å². The highest BCUT2D eigenvalue weighted by molar-refractivity contribution is 7.16. The largest absolute Gasteiger partial charge is 0.378 e. The minimum absolute atomic E-state index is 0.0224. The quantitative estimate of drug-likeness (QED) is 0.813. The number of amides is 2. The molecule has 2 amide bonds. The first kappa shape index (κ1) is 19.8. The van der Waals surface area contributed by atoms with Crippen LogP contribution in [0.4, 0.5) is 9.39 Å². The summed E-state index contributed by atoms with van der Waals surface area (Å²) in [5.41, 5.74) is 0.611. The van der Waals surface area contributed by atoms with Crippen LogP contribution in [-0.4, -0.2) is 43.0 Å². The van der Waals surface area contributed by atoms with E-state index in [0.29, 0.717) is 36.9 Å². The highest BCUT2D eigenvalue weighted by atomic mass is 35.5. The van der Waals surface area contributed by atoms with Gasteiger partial charge in [-0.1, -0.05) is 25.4 Å². The summed E-state index contributed by atoms with van der Waals surface area (Å²) in [5, 5.41) is 3.27. The van der Waals surface area contributed by atoms with E-state index in [-0.39, 0.29) is 22.4 Å². The summed E-state index contributed by atoms with van der Waals surface area (Å²) in [6.07, 6.45) is 0. The van der Waals surface area contributed by atoms with Gasteiger partial charge in [0.05, 0.1) is 29.4 Å². The average Bonchev–Trinajstić information content (AvgIpc) is 3.05. The SMILES string of the molecule is CC(C)c1cc(C(=O)N2CCOCC2)c(NC(=O)c2ccc(F)cc2Cl)s1. The minimum Gasteiger partial charge on any atom is -0.378 e. The fraction of sp³-hybridized carbons (Fsp3) is 0.368. The van der Waals surface area contributed by atoms with Crippen molar-refractivity contribution in [1.82, 2.24) is 4.90 Å². The van der Waals surface area contributed by atoms with Gasteiger partial charge in [0, 0.05) is 18.0 Å². The van der Waals surface area contributed by atoms with E-state index < -0.39 is 11.7 Å². The summed E-state index contributed by atoms with van der Waals surface area (Å²) in [4.78, 5) is 28.3. The Morgan fingerprint density at radius 2 is 1.93 bits per heavy atom. The van der Waals surface area contributed by atoms with Gasteiger partial charge in [-0.2, -0.15) is 0 Å². The van der Waals surface area contributed by atoms with E-state index in [9.17, 15) is 14.0 Å². The van der Waals surface area contributed by atoms with Crippen LogP contribution in [0.1, 0.15) is 45.4 Å². The van der Waals surface area contributed by atoms with Crippen LogP contribution < -0.4 is 5.32 Å². The number of hydrogen-bond acceptors (Lipinski definition) is 4. The first-order valence-electron chi connectivity index (χ1n) is 8.64. The van der Waals surface area contributed by atoms with Gasteiger partial charge in [0.2, 0.25) is 0 Å². The molecule has 1 aromatic heterocycles. The molecule has 0 aliphatic carbocycles. The third-order valence-electron chi connectivity index (χ3n) is 4.25. The molecular weight excluding hydrogens is 391 g/mol. The van der Waals surface area contributed by atoms with E-state index >= 15 is 0 Å². The number of carbonyl (C=O) groups excluding carboxylic acids is 2. The van der Waals surface area contributed by atoms with Crippen molar-refractivity contribution in [3.63, 3.8) is 0 Å². The van der Waals surface area contributed by atoms with Gasteiger partial charge >= 0.3 is 0 Å². The van der Waals surface area contributed by atoms with Crippen molar-refractivity contribution < 1.29 is 18.7 Å². The molecule has 1 aromatic carbocycles. The molecule has 5 nitrogen and oxygen atoms in total. The van der Waals surface area contributed by atoms with Gasteiger partial charge in [0.15, 0.2) is 0 Å². The number of rotatable bonds is 4. The molecule has 0 unspecified atom stereocenters. The monoisotopic (exact) mass is 410 g/mol. The zero-order chi connectivity index (χ0) is 19.6. The van der Waals surface area contributed by atoms with Crippen LogP contribution in [-0.2, 0) is 4.74 Å². The molecule has 144 valence electrons. The molecule has 0 saturated carbocycles. The lowest BCUT2D eigenvalue weighted by Gasteiger charge is -2.26. The normalized spacial score (nSPS) is 14.5. The molecule has 0 atom stereocenters. The van der Waals surface area contributed by atoms with Crippen molar-refractivity contribution >= 4 is 39.8 Å². The number of benzene rings is 1. The zero-order valence-electron chi connectivity index (χ0n) is 15.1. The van der Waals surface area contributed by atoms with Crippen LogP contribution in [0.25, 0.3) is 0 Å². The molecule has 8 heteroatoms. The molecule has 1 saturated heterocycles. The Morgan fingerprint density at radius 1 is 1.22 bits per heavy atom. The van der Waals surface area contributed by atoms with E-state index in [1.54, 1.807) is 4.90 Å². The number of ether oxygens (including phenoxy) is 1. The summed E-state index contributed by atoms with van der Waals surface area (Å²) < 4.78 is 18.5. The average molecular weight is 411 g/mol. The lowest BCUT2D eigenvalue weighted by atomic mass is 10.1. The molecule has 1 aliphatic heterocycles. The second-order valence-electron chi connectivity index (χ2n) is 6.53. The number of morpholine rings is 1. The molecule has 0 bridgehead atoms. The van der Waals surface area contributed by atoms with Crippen molar-refractivity contribution in [1.29, 1.82) is 0 Å². The summed E-state index contributed by atoms with van der Waals surface area (Å²) in [6, 6.07) is 5.42. The number of hydrogen-bond donors (Lipinski definition) is 1. The van der Waals surface area contributed by atoms with Crippen molar-refractivity contribution in [2.75, 3.05) is 31.6 Å². The lowest BCUT2D eigenvalue weighted by Crippen LogP contribution is -2.40. The van der Waals surface area contributed by atoms with Crippen molar-refractivity contribution in [3.8, 4) is 0 Å². The maximum atomic E-state index is 13.2. The van der Waals surface area contributed by atoms with Gasteiger partial charge in [-0.15, -0.1) is 11.3 Å². The molecule has 1 aliphatic rings. The summed E-state index contributed by atoms with van der Waals surface area (Å²) in [6.45, 7) is 6.08. The third kappa shape index (κ3) is 4.48. The van der Waals surface area contributed by atoms with E-state index in [1.807, 2.05) is 19.9 Å². The fourth-order valence-corrected chi connectivity index (χ4v) is 4.03. The molecule has 27 heavy (non-hydrogen) atoms. The Morgan fingerprint density at radius 3 is 2.56 bits per heavy atom. The number of nitrogens with zero attached hydrogens (tertiary/aromatic N) is 1. The van der Waals surface area contributed by atoms with Crippen LogP contribution in [0.15, 0.2) is 24.3 Å². The van der Waals surface area contributed by atoms with Crippen LogP contribution in [0.2, 0.25) is 5.02 Å². The standard InChI is InChI=1S/C19H20ClFN2O3S/c1-11(2)16-10-14(19(25)23-5-7-26-8-6-23)18(27-16)22-17(24)13-4-3-12(21)9-15(13)20/h3-4,9-11H,5-8H2,1-2H3,(H,22,24). The van der Waals surface area contributed by atoms with Crippen LogP contribution >= 0.6 is 22.9 Å². The van der Waals surface area contributed by atoms with E-state index in [1.165, 1.54) is 23.5 Å². The number of anilines is 1. The highest BCUT2D eigenvalue weighted by Gasteiger charge is 2.25. The first-order valence-corrected chi connectivity index (χ1v) is 9.83. The second kappa shape index (κ2) is 8.37. The van der Waals surface area contributed by atoms with Gasteiger partial charge in [0.25, 0.3) is 11.8 Å². The molecule has 0 spiro atoms. The van der Waals surface area contributed by atoms with Gasteiger partial charge in [-0.05, 0) is 30.2 Å². The van der Waals surface area contributed by atoms with Crippen molar-refractivity contribution in [3.05, 3.63) is 51.1 Å². The maximum Gasteiger partial charge on any atom is 0.257 e. The second-order valence-corrected chi connectivity index (χ2v) is 8.02. The van der Waals surface area contributed by atoms with Gasteiger partial charge < -0.3 is 15.0 Å². The van der Waals surface area contributed by atoms with Gasteiger partial charge in [-0.25, -0.2) is 4.39 Å². The topological polar surface area (TPSA) is 58.6 Å². The summed E-state index contributed by atoms with van der Waals surface area (Å²) in [7, 11) is 0. The van der Waals surface area contributed by atoms with Crippen molar-refractivity contribution in [2.24, 2.45) is 0 Å². The predicted molar refractivity (Wildman–Crippen MR) is 104 cm³/mol. The molecular formula is C19H20ClFN2O3S. The smallest absolute Gasteiger partial charge is 0.257 e. The predicted octanol–water partition coefficient (Wildman–Crippen LogP) is 4.39. The Kier molecular flexibility index (Phi) is 6.14. The van der Waals surface area contributed by atoms with E-state index in [2.05, 4.69) is 5.32 Å². The molecule has 0 radical (unpaired) electrons. The fourth-order valence-electron chi connectivity index (χ4n) is 2.73. The Balaban J connectivity index is 1.89. The van der Waals surface area contributed by atoms with Crippen molar-refractivity contribution in [2.45, 2.75) is 19.8 Å². The third-order valence-corrected chi connectivity index (χ3v) is 5.92. The first-order chi connectivity index (χ1) is 12.9. The zero-order valence-corrected chi connectivity index (χ0v) is 16.6. The van der Waals surface area contributed by atoms with E-state index in [0.717, 1.165) is 10.9 Å². The molecule has 1 fully saturated rings.